The summed E-state index contributed by atoms with van der Waals surface area (Å²) < 4.78 is 18.9. The summed E-state index contributed by atoms with van der Waals surface area (Å²) in [6, 6.07) is 6.58. The van der Waals surface area contributed by atoms with Gasteiger partial charge < -0.3 is 31.7 Å². The van der Waals surface area contributed by atoms with Gasteiger partial charge in [0.1, 0.15) is 6.04 Å². The molecule has 7 N–H and O–H groups in total. The normalized spacial score (nSPS) is 21.3. The van der Waals surface area contributed by atoms with Crippen molar-refractivity contribution in [2.24, 2.45) is 23.3 Å². The molecule has 4 unspecified atom stereocenters. The summed E-state index contributed by atoms with van der Waals surface area (Å²) in [5.41, 5.74) is 11.3. The number of hydrogen-bond donors (Lipinski definition) is 5. The van der Waals surface area contributed by atoms with Gasteiger partial charge >= 0.3 is 5.97 Å². The van der Waals surface area contributed by atoms with Crippen molar-refractivity contribution in [2.45, 2.75) is 76.2 Å². The number of carboxylic acids is 1. The van der Waals surface area contributed by atoms with E-state index in [9.17, 15) is 28.8 Å². The maximum Gasteiger partial charge on any atom is 0.326 e. The molecule has 0 aliphatic heterocycles. The minimum absolute atomic E-state index is 0.0861. The second-order valence-electron chi connectivity index (χ2n) is 9.66. The Kier molecular flexibility index (Phi) is 12.2. The van der Waals surface area contributed by atoms with Crippen LogP contribution in [0, 0.1) is 11.8 Å². The Bertz CT molecular complexity index is 962. The first kappa shape index (κ1) is 30.5. The van der Waals surface area contributed by atoms with Crippen molar-refractivity contribution in [3.05, 3.63) is 35.9 Å². The molecular formula is C25H39N4O7P. The summed E-state index contributed by atoms with van der Waals surface area (Å²) >= 11 is 0. The number of benzene rings is 1. The number of amides is 3. The maximum absolute atomic E-state index is 13.2. The van der Waals surface area contributed by atoms with E-state index in [0.29, 0.717) is 32.1 Å². The summed E-state index contributed by atoms with van der Waals surface area (Å²) in [7, 11) is -2.72. The zero-order valence-electron chi connectivity index (χ0n) is 21.4. The van der Waals surface area contributed by atoms with Gasteiger partial charge in [0.05, 0.1) is 25.1 Å². The monoisotopic (exact) mass is 538 g/mol. The fourth-order valence-corrected chi connectivity index (χ4v) is 6.12. The largest absolute Gasteiger partial charge is 0.480 e. The number of aliphatic carboxylic acids is 1. The summed E-state index contributed by atoms with van der Waals surface area (Å²) in [6.45, 7) is 3.52. The Morgan fingerprint density at radius 1 is 1.16 bits per heavy atom. The van der Waals surface area contributed by atoms with E-state index in [1.54, 1.807) is 6.92 Å². The van der Waals surface area contributed by atoms with Gasteiger partial charge in [-0.15, -0.1) is 0 Å². The van der Waals surface area contributed by atoms with E-state index in [1.165, 1.54) is 0 Å². The molecule has 1 aliphatic carbocycles. The van der Waals surface area contributed by atoms with E-state index in [4.69, 9.17) is 16.0 Å². The SMILES string of the molecule is CC[C@H](C)[C@H](NC(=O)C1CCCC1[PH](=O)OCC(Cc1ccccc1)NC(=O)[C@@H](N)CC(N)=O)C(=O)O. The molecule has 0 bridgehead atoms. The van der Waals surface area contributed by atoms with Crippen LogP contribution in [0.5, 0.6) is 0 Å². The van der Waals surface area contributed by atoms with Crippen molar-refractivity contribution in [1.82, 2.24) is 10.6 Å². The zero-order valence-corrected chi connectivity index (χ0v) is 22.4. The lowest BCUT2D eigenvalue weighted by Gasteiger charge is -2.25. The van der Waals surface area contributed by atoms with Crippen LogP contribution in [0.15, 0.2) is 30.3 Å². The molecule has 37 heavy (non-hydrogen) atoms. The third kappa shape index (κ3) is 9.57. The second-order valence-corrected chi connectivity index (χ2v) is 11.3. The predicted molar refractivity (Wildman–Crippen MR) is 139 cm³/mol. The van der Waals surface area contributed by atoms with Crippen LogP contribution < -0.4 is 22.1 Å². The highest BCUT2D eigenvalue weighted by atomic mass is 31.1. The third-order valence-corrected chi connectivity index (χ3v) is 8.54. The Labute approximate surface area is 217 Å². The molecule has 0 radical (unpaired) electrons. The third-order valence-electron chi connectivity index (χ3n) is 6.79. The summed E-state index contributed by atoms with van der Waals surface area (Å²) in [5.74, 6) is -3.67. The molecule has 11 nitrogen and oxygen atoms in total. The van der Waals surface area contributed by atoms with Gasteiger partial charge in [0.25, 0.3) is 0 Å². The highest BCUT2D eigenvalue weighted by molar-refractivity contribution is 7.40. The van der Waals surface area contributed by atoms with E-state index in [-0.39, 0.29) is 18.9 Å². The van der Waals surface area contributed by atoms with Crippen molar-refractivity contribution >= 4 is 31.7 Å². The van der Waals surface area contributed by atoms with Crippen LogP contribution in [0.2, 0.25) is 0 Å². The second kappa shape index (κ2) is 14.9. The first-order chi connectivity index (χ1) is 17.5. The molecule has 1 aliphatic rings. The Morgan fingerprint density at radius 3 is 2.43 bits per heavy atom. The molecule has 3 amide bonds. The number of primary amides is 1. The van der Waals surface area contributed by atoms with Gasteiger partial charge in [-0.3, -0.25) is 18.9 Å². The van der Waals surface area contributed by atoms with Gasteiger partial charge in [-0.05, 0) is 30.7 Å². The fraction of sp³-hybridized carbons (Fsp3) is 0.600. The van der Waals surface area contributed by atoms with Gasteiger partial charge in [0.2, 0.25) is 17.7 Å². The molecule has 2 rings (SSSR count). The van der Waals surface area contributed by atoms with Crippen molar-refractivity contribution in [3.8, 4) is 0 Å². The predicted octanol–water partition coefficient (Wildman–Crippen LogP) is 1.19. The molecule has 0 spiro atoms. The first-order valence-corrected chi connectivity index (χ1v) is 14.0. The van der Waals surface area contributed by atoms with Gasteiger partial charge in [0.15, 0.2) is 8.03 Å². The fourth-order valence-electron chi connectivity index (χ4n) is 4.46. The average Bonchev–Trinajstić information content (AvgIpc) is 3.35. The van der Waals surface area contributed by atoms with Crippen molar-refractivity contribution in [2.75, 3.05) is 6.61 Å². The molecule has 1 aromatic carbocycles. The van der Waals surface area contributed by atoms with E-state index >= 15 is 0 Å². The summed E-state index contributed by atoms with van der Waals surface area (Å²) in [6.07, 6.45) is 2.34. The van der Waals surface area contributed by atoms with Gasteiger partial charge in [-0.2, -0.15) is 0 Å². The average molecular weight is 539 g/mol. The van der Waals surface area contributed by atoms with Crippen LogP contribution in [0.1, 0.15) is 51.5 Å². The van der Waals surface area contributed by atoms with Crippen LogP contribution in [-0.2, 0) is 34.7 Å². The lowest BCUT2D eigenvalue weighted by molar-refractivity contribution is -0.144. The van der Waals surface area contributed by atoms with Crippen molar-refractivity contribution in [3.63, 3.8) is 0 Å². The number of nitrogens with two attached hydrogens (primary N) is 2. The molecule has 12 heteroatoms. The Morgan fingerprint density at radius 2 is 1.84 bits per heavy atom. The van der Waals surface area contributed by atoms with E-state index in [2.05, 4.69) is 10.6 Å². The lowest BCUT2D eigenvalue weighted by Crippen LogP contribution is -2.49. The number of carbonyl (C=O) groups is 4. The molecule has 0 heterocycles. The highest BCUT2D eigenvalue weighted by Crippen LogP contribution is 2.44. The summed E-state index contributed by atoms with van der Waals surface area (Å²) in [4.78, 5) is 48.2. The quantitative estimate of drug-likeness (QED) is 0.206. The molecule has 206 valence electrons. The maximum atomic E-state index is 13.2. The number of rotatable bonds is 15. The van der Waals surface area contributed by atoms with Crippen LogP contribution in [0.3, 0.4) is 0 Å². The highest BCUT2D eigenvalue weighted by Gasteiger charge is 2.39. The smallest absolute Gasteiger partial charge is 0.326 e. The molecule has 1 fully saturated rings. The Balaban J connectivity index is 2.05. The van der Waals surface area contributed by atoms with Crippen molar-refractivity contribution < 1.29 is 33.4 Å². The zero-order chi connectivity index (χ0) is 27.5. The van der Waals surface area contributed by atoms with Crippen LogP contribution in [0.25, 0.3) is 0 Å². The van der Waals surface area contributed by atoms with Crippen LogP contribution >= 0.6 is 8.03 Å². The first-order valence-electron chi connectivity index (χ1n) is 12.6. The minimum Gasteiger partial charge on any atom is -0.480 e. The number of carbonyl (C=O) groups excluding carboxylic acids is 3. The lowest BCUT2D eigenvalue weighted by atomic mass is 9.98. The molecule has 0 aromatic heterocycles. The molecule has 1 saturated carbocycles. The van der Waals surface area contributed by atoms with E-state index in [1.807, 2.05) is 37.3 Å². The number of nitrogens with one attached hydrogen (secondary N) is 2. The van der Waals surface area contributed by atoms with Gasteiger partial charge in [-0.1, -0.05) is 57.0 Å². The topological polar surface area (TPSA) is 191 Å². The molecule has 0 saturated heterocycles. The van der Waals surface area contributed by atoms with E-state index < -0.39 is 61.4 Å². The number of hydrogen-bond acceptors (Lipinski definition) is 7. The molecular weight excluding hydrogens is 499 g/mol. The standard InChI is InChI=1S/C25H39N4O7P/c1-3-15(2)22(25(33)34)29-23(31)18-10-7-11-20(18)37(35)36-14-17(12-16-8-5-4-6-9-16)28-24(32)19(26)13-21(27)30/h4-6,8-9,15,17-20,22,37H,3,7,10-14,26H2,1-2H3,(H2,27,30)(H,28,32)(H,29,31)(H,33,34)/t15-,17?,18?,19-,20?,22-/m0/s1. The van der Waals surface area contributed by atoms with Crippen LogP contribution in [0.4, 0.5) is 0 Å². The van der Waals surface area contributed by atoms with E-state index in [0.717, 1.165) is 5.56 Å². The van der Waals surface area contributed by atoms with Gasteiger partial charge in [-0.25, -0.2) is 4.79 Å². The minimum atomic E-state index is -2.72. The summed E-state index contributed by atoms with van der Waals surface area (Å²) in [5, 5.41) is 14.9. The molecule has 7 atom stereocenters. The number of carboxylic acid groups (broad SMARTS) is 1. The van der Waals surface area contributed by atoms with Crippen LogP contribution in [-0.4, -0.2) is 59.2 Å². The van der Waals surface area contributed by atoms with Crippen molar-refractivity contribution in [1.29, 1.82) is 0 Å². The van der Waals surface area contributed by atoms with Gasteiger partial charge in [0, 0.05) is 11.6 Å². The Hall–Kier alpha value is -2.75. The molecule has 1 aromatic rings.